The molecule has 1 aromatic heterocycles. The summed E-state index contributed by atoms with van der Waals surface area (Å²) < 4.78 is 0.710. The van der Waals surface area contributed by atoms with Gasteiger partial charge in [-0.2, -0.15) is 0 Å². The van der Waals surface area contributed by atoms with E-state index in [-0.39, 0.29) is 11.9 Å². The summed E-state index contributed by atoms with van der Waals surface area (Å²) >= 11 is 11.1. The summed E-state index contributed by atoms with van der Waals surface area (Å²) in [5.41, 5.74) is 0.458. The Morgan fingerprint density at radius 2 is 2.30 bits per heavy atom. The Bertz CT molecular complexity index is 629. The van der Waals surface area contributed by atoms with Crippen LogP contribution in [0.2, 0.25) is 5.02 Å². The number of nitrogens with one attached hydrogen (secondary N) is 1. The first kappa shape index (κ1) is 15.5. The van der Waals surface area contributed by atoms with Crippen LogP contribution in [0.5, 0.6) is 0 Å². The number of benzene rings is 1. The topological polar surface area (TPSA) is 42.0 Å². The minimum atomic E-state index is -0.197. The number of carbonyl (C=O) groups excluding carboxylic acids is 1. The van der Waals surface area contributed by atoms with Crippen molar-refractivity contribution in [3.8, 4) is 0 Å². The fraction of sp³-hybridized carbons (Fsp3) is 0.286. The first-order valence-electron chi connectivity index (χ1n) is 6.22. The molecule has 0 saturated heterocycles. The molecule has 2 rings (SSSR count). The molecule has 3 nitrogen and oxygen atoms in total. The molecule has 1 N–H and O–H groups in total. The van der Waals surface area contributed by atoms with Crippen molar-refractivity contribution in [2.75, 3.05) is 0 Å². The molecule has 1 amide bonds. The van der Waals surface area contributed by atoms with Crippen LogP contribution in [-0.4, -0.2) is 10.9 Å². The van der Waals surface area contributed by atoms with Crippen molar-refractivity contribution in [1.82, 2.24) is 10.3 Å². The highest BCUT2D eigenvalue weighted by Crippen LogP contribution is 2.27. The number of carbonyl (C=O) groups is 1. The quantitative estimate of drug-likeness (QED) is 0.850. The van der Waals surface area contributed by atoms with Gasteiger partial charge in [-0.05, 0) is 41.4 Å². The van der Waals surface area contributed by atoms with Crippen molar-refractivity contribution in [3.05, 3.63) is 49.3 Å². The number of halogens is 2. The molecule has 0 spiro atoms. The summed E-state index contributed by atoms with van der Waals surface area (Å²) in [6, 6.07) is 5.15. The number of rotatable bonds is 4. The molecular formula is C14H14BrClN2OS. The molecule has 0 fully saturated rings. The number of thiazole rings is 1. The van der Waals surface area contributed by atoms with Crippen LogP contribution in [0, 0.1) is 0 Å². The smallest absolute Gasteiger partial charge is 0.253 e. The molecule has 1 aromatic carbocycles. The van der Waals surface area contributed by atoms with E-state index in [1.54, 1.807) is 29.5 Å². The van der Waals surface area contributed by atoms with Gasteiger partial charge < -0.3 is 5.32 Å². The van der Waals surface area contributed by atoms with Crippen molar-refractivity contribution in [2.24, 2.45) is 0 Å². The van der Waals surface area contributed by atoms with Gasteiger partial charge in [0.2, 0.25) is 0 Å². The maximum atomic E-state index is 12.2. The summed E-state index contributed by atoms with van der Waals surface area (Å²) in [4.78, 5) is 17.8. The summed E-state index contributed by atoms with van der Waals surface area (Å²) in [6.07, 6.45) is 2.81. The van der Waals surface area contributed by atoms with Crippen molar-refractivity contribution in [3.63, 3.8) is 0 Å². The van der Waals surface area contributed by atoms with Crippen molar-refractivity contribution >= 4 is 44.8 Å². The minimum absolute atomic E-state index is 0.136. The molecule has 20 heavy (non-hydrogen) atoms. The van der Waals surface area contributed by atoms with Crippen molar-refractivity contribution < 1.29 is 4.79 Å². The molecule has 1 heterocycles. The fourth-order valence-corrected chi connectivity index (χ4v) is 3.14. The van der Waals surface area contributed by atoms with Crippen molar-refractivity contribution in [1.29, 1.82) is 0 Å². The molecule has 2 aromatic rings. The molecule has 0 aliphatic heterocycles. The third kappa shape index (κ3) is 3.40. The van der Waals surface area contributed by atoms with Crippen LogP contribution >= 0.6 is 38.9 Å². The standard InChI is InChI=1S/C14H14BrClN2OS/c1-3-9-7-17-14(20-9)8(2)18-13(19)10-5-4-6-11(15)12(10)16/h4-8H,3H2,1-2H3,(H,18,19). The predicted molar refractivity (Wildman–Crippen MR) is 86.5 cm³/mol. The van der Waals surface area contributed by atoms with Crippen LogP contribution < -0.4 is 5.32 Å². The lowest BCUT2D eigenvalue weighted by Crippen LogP contribution is -2.26. The second-order valence-corrected chi connectivity index (χ2v) is 6.69. The van der Waals surface area contributed by atoms with E-state index in [4.69, 9.17) is 11.6 Å². The van der Waals surface area contributed by atoms with Crippen LogP contribution in [0.4, 0.5) is 0 Å². The third-order valence-electron chi connectivity index (χ3n) is 2.83. The van der Waals surface area contributed by atoms with E-state index in [1.165, 1.54) is 4.88 Å². The fourth-order valence-electron chi connectivity index (χ4n) is 1.70. The Morgan fingerprint density at radius 3 is 2.95 bits per heavy atom. The number of amides is 1. The number of hydrogen-bond donors (Lipinski definition) is 1. The van der Waals surface area contributed by atoms with E-state index in [1.807, 2.05) is 13.1 Å². The molecule has 106 valence electrons. The molecule has 0 radical (unpaired) electrons. The van der Waals surface area contributed by atoms with Gasteiger partial charge in [-0.3, -0.25) is 4.79 Å². The maximum absolute atomic E-state index is 12.2. The lowest BCUT2D eigenvalue weighted by Gasteiger charge is -2.12. The lowest BCUT2D eigenvalue weighted by atomic mass is 10.2. The number of aromatic nitrogens is 1. The van der Waals surface area contributed by atoms with E-state index in [0.29, 0.717) is 15.1 Å². The second-order valence-electron chi connectivity index (χ2n) is 4.31. The Balaban J connectivity index is 2.13. The Labute approximate surface area is 135 Å². The van der Waals surface area contributed by atoms with Crippen LogP contribution in [0.15, 0.2) is 28.9 Å². The van der Waals surface area contributed by atoms with Gasteiger partial charge >= 0.3 is 0 Å². The molecule has 0 bridgehead atoms. The highest BCUT2D eigenvalue weighted by atomic mass is 79.9. The van der Waals surface area contributed by atoms with E-state index >= 15 is 0 Å². The summed E-state index contributed by atoms with van der Waals surface area (Å²) in [6.45, 7) is 4.00. The van der Waals surface area contributed by atoms with E-state index < -0.39 is 0 Å². The zero-order valence-corrected chi connectivity index (χ0v) is 14.3. The van der Waals surface area contributed by atoms with Crippen LogP contribution in [0.25, 0.3) is 0 Å². The SMILES string of the molecule is CCc1cnc(C(C)NC(=O)c2cccc(Br)c2Cl)s1. The average Bonchev–Trinajstić information content (AvgIpc) is 2.90. The Morgan fingerprint density at radius 1 is 1.55 bits per heavy atom. The van der Waals surface area contributed by atoms with Crippen LogP contribution in [0.3, 0.4) is 0 Å². The van der Waals surface area contributed by atoms with Gasteiger partial charge in [0, 0.05) is 15.5 Å². The number of nitrogens with zero attached hydrogens (tertiary/aromatic N) is 1. The maximum Gasteiger partial charge on any atom is 0.253 e. The number of aryl methyl sites for hydroxylation is 1. The van der Waals surface area contributed by atoms with Gasteiger partial charge in [0.15, 0.2) is 0 Å². The molecule has 0 saturated carbocycles. The summed E-state index contributed by atoms with van der Waals surface area (Å²) in [5, 5.41) is 4.25. The van der Waals surface area contributed by atoms with Gasteiger partial charge in [0.1, 0.15) is 5.01 Å². The zero-order valence-electron chi connectivity index (χ0n) is 11.1. The second kappa shape index (κ2) is 6.70. The predicted octanol–water partition coefficient (Wildman–Crippen LogP) is 4.61. The van der Waals surface area contributed by atoms with Gasteiger partial charge in [0.05, 0.1) is 16.6 Å². The van der Waals surface area contributed by atoms with Crippen LogP contribution in [-0.2, 0) is 6.42 Å². The van der Waals surface area contributed by atoms with Gasteiger partial charge in [-0.15, -0.1) is 11.3 Å². The number of hydrogen-bond acceptors (Lipinski definition) is 3. The summed E-state index contributed by atoms with van der Waals surface area (Å²) in [5.74, 6) is -0.197. The monoisotopic (exact) mass is 372 g/mol. The molecule has 0 aliphatic carbocycles. The van der Waals surface area contributed by atoms with E-state index in [0.717, 1.165) is 11.4 Å². The largest absolute Gasteiger partial charge is 0.343 e. The zero-order chi connectivity index (χ0) is 14.7. The Hall–Kier alpha value is -0.910. The first-order valence-corrected chi connectivity index (χ1v) is 8.21. The first-order chi connectivity index (χ1) is 9.52. The summed E-state index contributed by atoms with van der Waals surface area (Å²) in [7, 11) is 0. The third-order valence-corrected chi connectivity index (χ3v) is 5.45. The van der Waals surface area contributed by atoms with Gasteiger partial charge in [0.25, 0.3) is 5.91 Å². The van der Waals surface area contributed by atoms with Crippen LogP contribution in [0.1, 0.15) is 40.1 Å². The van der Waals surface area contributed by atoms with Gasteiger partial charge in [-0.1, -0.05) is 24.6 Å². The minimum Gasteiger partial charge on any atom is -0.343 e. The van der Waals surface area contributed by atoms with Gasteiger partial charge in [-0.25, -0.2) is 4.98 Å². The Kier molecular flexibility index (Phi) is 5.18. The highest BCUT2D eigenvalue weighted by Gasteiger charge is 2.17. The normalized spacial score (nSPS) is 12.2. The molecule has 1 unspecified atom stereocenters. The van der Waals surface area contributed by atoms with Crippen molar-refractivity contribution in [2.45, 2.75) is 26.3 Å². The average molecular weight is 374 g/mol. The van der Waals surface area contributed by atoms with E-state index in [9.17, 15) is 4.79 Å². The highest BCUT2D eigenvalue weighted by molar-refractivity contribution is 9.10. The molecule has 1 atom stereocenters. The van der Waals surface area contributed by atoms with E-state index in [2.05, 4.69) is 33.2 Å². The molecular weight excluding hydrogens is 360 g/mol. The molecule has 0 aliphatic rings. The molecule has 6 heteroatoms. The lowest BCUT2D eigenvalue weighted by molar-refractivity contribution is 0.0940.